The van der Waals surface area contributed by atoms with E-state index in [1.54, 1.807) is 24.2 Å². The van der Waals surface area contributed by atoms with Gasteiger partial charge in [-0.25, -0.2) is 9.97 Å². The zero-order valence-corrected chi connectivity index (χ0v) is 15.7. The fraction of sp³-hybridized carbons (Fsp3) is 0.389. The van der Waals surface area contributed by atoms with Crippen LogP contribution in [0.2, 0.25) is 0 Å². The van der Waals surface area contributed by atoms with Gasteiger partial charge in [-0.05, 0) is 19.1 Å². The molecular weight excluding hydrogens is 368 g/mol. The third kappa shape index (κ3) is 3.14. The summed E-state index contributed by atoms with van der Waals surface area (Å²) in [7, 11) is 1.76. The summed E-state index contributed by atoms with van der Waals surface area (Å²) in [5, 5.41) is 5.28. The molecule has 0 unspecified atom stereocenters. The van der Waals surface area contributed by atoms with Gasteiger partial charge in [-0.3, -0.25) is 9.78 Å². The molecule has 0 N–H and O–H groups in total. The Hall–Kier alpha value is -3.17. The first-order valence-electron chi connectivity index (χ1n) is 8.80. The Morgan fingerprint density at radius 1 is 1.21 bits per heavy atom. The molecule has 1 fully saturated rings. The quantitative estimate of drug-likeness (QED) is 0.683. The average molecular weight is 387 g/mol. The van der Waals surface area contributed by atoms with E-state index in [1.807, 2.05) is 11.8 Å². The van der Waals surface area contributed by atoms with Crippen molar-refractivity contribution in [1.82, 2.24) is 29.6 Å². The first-order valence-corrected chi connectivity index (χ1v) is 8.80. The van der Waals surface area contributed by atoms with E-state index in [2.05, 4.69) is 20.1 Å². The lowest BCUT2D eigenvalue weighted by Crippen LogP contribution is -2.48. The largest absolute Gasteiger partial charge is 0.343 e. The molecule has 8 nitrogen and oxygen atoms in total. The van der Waals surface area contributed by atoms with Crippen molar-refractivity contribution < 1.29 is 13.6 Å². The van der Waals surface area contributed by atoms with Crippen LogP contribution in [0.3, 0.4) is 0 Å². The summed E-state index contributed by atoms with van der Waals surface area (Å²) in [4.78, 5) is 28.1. The molecule has 0 aliphatic carbocycles. The number of hydrogen-bond donors (Lipinski definition) is 0. The highest BCUT2D eigenvalue weighted by molar-refractivity contribution is 5.93. The number of piperazine rings is 1. The number of pyridine rings is 1. The number of amides is 1. The molecule has 1 amide bonds. The SMILES string of the molecule is Cc1cc2c(cn1)c(N1CCN(C)C(=O)C1)nn2-c1nccc(C(C)(F)F)n1. The molecule has 146 valence electrons. The highest BCUT2D eigenvalue weighted by Gasteiger charge is 2.29. The van der Waals surface area contributed by atoms with Gasteiger partial charge in [0, 0.05) is 45.1 Å². The zero-order valence-electron chi connectivity index (χ0n) is 15.7. The van der Waals surface area contributed by atoms with E-state index in [-0.39, 0.29) is 24.1 Å². The van der Waals surface area contributed by atoms with E-state index in [0.717, 1.165) is 12.6 Å². The molecule has 3 aromatic heterocycles. The molecule has 0 saturated carbocycles. The third-order valence-corrected chi connectivity index (χ3v) is 4.72. The molecule has 0 spiro atoms. The number of carbonyl (C=O) groups excluding carboxylic acids is 1. The van der Waals surface area contributed by atoms with Crippen molar-refractivity contribution in [3.8, 4) is 5.95 Å². The van der Waals surface area contributed by atoms with Gasteiger partial charge in [-0.1, -0.05) is 0 Å². The normalized spacial score (nSPS) is 15.5. The van der Waals surface area contributed by atoms with E-state index in [1.165, 1.54) is 16.9 Å². The number of fused-ring (bicyclic) bond motifs is 1. The molecular formula is C18H19F2N7O. The van der Waals surface area contributed by atoms with E-state index < -0.39 is 5.92 Å². The van der Waals surface area contributed by atoms with Gasteiger partial charge in [0.1, 0.15) is 5.69 Å². The number of hydrogen-bond acceptors (Lipinski definition) is 6. The lowest BCUT2D eigenvalue weighted by Gasteiger charge is -2.32. The molecule has 1 aliphatic heterocycles. The molecule has 4 rings (SSSR count). The van der Waals surface area contributed by atoms with Gasteiger partial charge in [0.25, 0.3) is 11.9 Å². The Kier molecular flexibility index (Phi) is 4.20. The maximum atomic E-state index is 13.7. The van der Waals surface area contributed by atoms with E-state index in [4.69, 9.17) is 0 Å². The summed E-state index contributed by atoms with van der Waals surface area (Å²) < 4.78 is 28.9. The summed E-state index contributed by atoms with van der Waals surface area (Å²) >= 11 is 0. The summed E-state index contributed by atoms with van der Waals surface area (Å²) in [6.45, 7) is 3.98. The predicted molar refractivity (Wildman–Crippen MR) is 98.6 cm³/mol. The first-order chi connectivity index (χ1) is 13.2. The van der Waals surface area contributed by atoms with Crippen LogP contribution in [0.25, 0.3) is 16.9 Å². The molecule has 0 radical (unpaired) electrons. The van der Waals surface area contributed by atoms with Crippen molar-refractivity contribution in [3.05, 3.63) is 35.9 Å². The minimum absolute atomic E-state index is 0.0158. The highest BCUT2D eigenvalue weighted by Crippen LogP contribution is 2.30. The van der Waals surface area contributed by atoms with Crippen LogP contribution >= 0.6 is 0 Å². The molecule has 1 saturated heterocycles. The summed E-state index contributed by atoms with van der Waals surface area (Å²) in [6.07, 6.45) is 2.96. The Morgan fingerprint density at radius 3 is 2.71 bits per heavy atom. The second-order valence-corrected chi connectivity index (χ2v) is 6.95. The fourth-order valence-electron chi connectivity index (χ4n) is 3.12. The van der Waals surface area contributed by atoms with Crippen LogP contribution in [-0.2, 0) is 10.7 Å². The van der Waals surface area contributed by atoms with Gasteiger partial charge in [0.05, 0.1) is 17.4 Å². The maximum Gasteiger partial charge on any atom is 0.287 e. The van der Waals surface area contributed by atoms with Gasteiger partial charge < -0.3 is 9.80 Å². The number of carbonyl (C=O) groups is 1. The topological polar surface area (TPSA) is 80.0 Å². The van der Waals surface area contributed by atoms with Crippen molar-refractivity contribution in [2.24, 2.45) is 0 Å². The molecule has 10 heteroatoms. The van der Waals surface area contributed by atoms with Crippen molar-refractivity contribution in [1.29, 1.82) is 0 Å². The standard InChI is InChI=1S/C18H19F2N7O/c1-11-8-13-12(9-22-11)16(26-7-6-25(3)15(28)10-26)24-27(13)17-21-5-4-14(23-17)18(2,19)20/h4-5,8-9H,6-7,10H2,1-3H3. The molecule has 0 aromatic carbocycles. The van der Waals surface area contributed by atoms with Crippen LogP contribution in [0.5, 0.6) is 0 Å². The lowest BCUT2D eigenvalue weighted by molar-refractivity contribution is -0.129. The van der Waals surface area contributed by atoms with Gasteiger partial charge in [0.2, 0.25) is 5.91 Å². The number of aromatic nitrogens is 5. The minimum atomic E-state index is -3.09. The lowest BCUT2D eigenvalue weighted by atomic mass is 10.2. The second-order valence-electron chi connectivity index (χ2n) is 6.95. The minimum Gasteiger partial charge on any atom is -0.343 e. The number of halogens is 2. The van der Waals surface area contributed by atoms with Crippen LogP contribution in [0, 0.1) is 6.92 Å². The van der Waals surface area contributed by atoms with Gasteiger partial charge in [-0.15, -0.1) is 5.10 Å². The number of aryl methyl sites for hydroxylation is 1. The van der Waals surface area contributed by atoms with Crippen LogP contribution < -0.4 is 4.90 Å². The number of nitrogens with zero attached hydrogens (tertiary/aromatic N) is 7. The highest BCUT2D eigenvalue weighted by atomic mass is 19.3. The van der Waals surface area contributed by atoms with Crippen molar-refractivity contribution in [2.75, 3.05) is 31.6 Å². The van der Waals surface area contributed by atoms with Crippen molar-refractivity contribution >= 4 is 22.6 Å². The fourth-order valence-corrected chi connectivity index (χ4v) is 3.12. The second kappa shape index (κ2) is 6.47. The smallest absolute Gasteiger partial charge is 0.287 e. The average Bonchev–Trinajstić information content (AvgIpc) is 3.02. The van der Waals surface area contributed by atoms with Crippen LogP contribution in [0.4, 0.5) is 14.6 Å². The molecule has 0 atom stereocenters. The number of likely N-dealkylation sites (N-methyl/N-ethyl adjacent to an activating group) is 1. The van der Waals surface area contributed by atoms with E-state index in [0.29, 0.717) is 29.8 Å². The Balaban J connectivity index is 1.86. The van der Waals surface area contributed by atoms with Gasteiger partial charge in [0.15, 0.2) is 5.82 Å². The molecule has 4 heterocycles. The van der Waals surface area contributed by atoms with Crippen LogP contribution in [0.15, 0.2) is 24.5 Å². The molecule has 1 aliphatic rings. The van der Waals surface area contributed by atoms with E-state index in [9.17, 15) is 13.6 Å². The maximum absolute atomic E-state index is 13.7. The zero-order chi connectivity index (χ0) is 20.1. The van der Waals surface area contributed by atoms with Crippen molar-refractivity contribution in [2.45, 2.75) is 19.8 Å². The number of anilines is 1. The first kappa shape index (κ1) is 18.2. The van der Waals surface area contributed by atoms with Crippen LogP contribution in [-0.4, -0.2) is 62.2 Å². The predicted octanol–water partition coefficient (Wildman–Crippen LogP) is 1.91. The third-order valence-electron chi connectivity index (χ3n) is 4.72. The van der Waals surface area contributed by atoms with Gasteiger partial charge in [-0.2, -0.15) is 13.5 Å². The van der Waals surface area contributed by atoms with Gasteiger partial charge >= 0.3 is 0 Å². The van der Waals surface area contributed by atoms with E-state index >= 15 is 0 Å². The van der Waals surface area contributed by atoms with Crippen LogP contribution in [0.1, 0.15) is 18.3 Å². The molecule has 0 bridgehead atoms. The molecule has 28 heavy (non-hydrogen) atoms. The number of rotatable bonds is 3. The summed E-state index contributed by atoms with van der Waals surface area (Å²) in [5.74, 6) is -2.51. The summed E-state index contributed by atoms with van der Waals surface area (Å²) in [5.41, 5.74) is 1.00. The summed E-state index contributed by atoms with van der Waals surface area (Å²) in [6, 6.07) is 2.98. The monoisotopic (exact) mass is 387 g/mol. The molecule has 3 aromatic rings. The van der Waals surface area contributed by atoms with Crippen molar-refractivity contribution in [3.63, 3.8) is 0 Å². The Bertz CT molecular complexity index is 1060. The Labute approximate surface area is 159 Å². The Morgan fingerprint density at radius 2 is 2.00 bits per heavy atom. The number of alkyl halides is 2.